The minimum Gasteiger partial charge on any atom is -0.341 e. The second kappa shape index (κ2) is 5.38. The highest BCUT2D eigenvalue weighted by Gasteiger charge is 2.32. The molecule has 2 aliphatic rings. The summed E-state index contributed by atoms with van der Waals surface area (Å²) in [5, 5.41) is 3.43. The third-order valence-corrected chi connectivity index (χ3v) is 4.43. The Labute approximate surface area is 105 Å². The molecule has 0 aromatic carbocycles. The van der Waals surface area contributed by atoms with Crippen molar-refractivity contribution in [1.82, 2.24) is 10.2 Å². The highest BCUT2D eigenvalue weighted by Crippen LogP contribution is 2.39. The summed E-state index contributed by atoms with van der Waals surface area (Å²) < 4.78 is 0. The van der Waals surface area contributed by atoms with Crippen molar-refractivity contribution in [2.24, 2.45) is 5.41 Å². The molecule has 0 aromatic rings. The molecule has 3 nitrogen and oxygen atoms in total. The minimum atomic E-state index is -0.00877. The Hall–Kier alpha value is -0.570. The summed E-state index contributed by atoms with van der Waals surface area (Å²) in [6, 6.07) is -0.00877. The maximum atomic E-state index is 12.2. The summed E-state index contributed by atoms with van der Waals surface area (Å²) in [5.41, 5.74) is 0.455. The second-order valence-electron chi connectivity index (χ2n) is 6.15. The molecule has 1 aliphatic heterocycles. The van der Waals surface area contributed by atoms with Gasteiger partial charge in [-0.05, 0) is 44.4 Å². The Bertz CT molecular complexity index is 267. The lowest BCUT2D eigenvalue weighted by Crippen LogP contribution is -2.50. The standard InChI is InChI=1S/C14H26N2O/c1-12(15-11-14(2)7-6-8-14)13(17)16-9-4-3-5-10-16/h12,15H,3-11H2,1-2H3. The highest BCUT2D eigenvalue weighted by atomic mass is 16.2. The van der Waals surface area contributed by atoms with Gasteiger partial charge in [0.1, 0.15) is 0 Å². The Kier molecular flexibility index (Phi) is 4.08. The Balaban J connectivity index is 1.74. The van der Waals surface area contributed by atoms with Crippen LogP contribution in [0.25, 0.3) is 0 Å². The highest BCUT2D eigenvalue weighted by molar-refractivity contribution is 5.81. The van der Waals surface area contributed by atoms with E-state index in [4.69, 9.17) is 0 Å². The summed E-state index contributed by atoms with van der Waals surface area (Å²) in [6.45, 7) is 7.25. The zero-order valence-electron chi connectivity index (χ0n) is 11.3. The van der Waals surface area contributed by atoms with E-state index in [1.54, 1.807) is 0 Å². The Morgan fingerprint density at radius 3 is 2.41 bits per heavy atom. The quantitative estimate of drug-likeness (QED) is 0.814. The van der Waals surface area contributed by atoms with Gasteiger partial charge >= 0.3 is 0 Å². The number of piperidine rings is 1. The molecule has 17 heavy (non-hydrogen) atoms. The first-order chi connectivity index (χ1) is 8.11. The van der Waals surface area contributed by atoms with Gasteiger partial charge in [-0.1, -0.05) is 13.3 Å². The first-order valence-electron chi connectivity index (χ1n) is 7.13. The molecule has 1 saturated carbocycles. The molecule has 0 radical (unpaired) electrons. The van der Waals surface area contributed by atoms with Crippen molar-refractivity contribution in [1.29, 1.82) is 0 Å². The molecule has 2 fully saturated rings. The fourth-order valence-electron chi connectivity index (χ4n) is 2.83. The van der Waals surface area contributed by atoms with Crippen LogP contribution in [-0.2, 0) is 4.79 Å². The fourth-order valence-corrected chi connectivity index (χ4v) is 2.83. The summed E-state index contributed by atoms with van der Waals surface area (Å²) in [5.74, 6) is 0.299. The van der Waals surface area contributed by atoms with Crippen LogP contribution in [0.4, 0.5) is 0 Å². The van der Waals surface area contributed by atoms with E-state index in [0.29, 0.717) is 11.3 Å². The lowest BCUT2D eigenvalue weighted by Gasteiger charge is -2.39. The van der Waals surface area contributed by atoms with Gasteiger partial charge in [0.15, 0.2) is 0 Å². The molecular formula is C14H26N2O. The molecule has 2 rings (SSSR count). The third kappa shape index (κ3) is 3.21. The predicted octanol–water partition coefficient (Wildman–Crippen LogP) is 2.17. The molecule has 0 aromatic heterocycles. The van der Waals surface area contributed by atoms with Crippen molar-refractivity contribution in [2.75, 3.05) is 19.6 Å². The van der Waals surface area contributed by atoms with Gasteiger partial charge in [-0.2, -0.15) is 0 Å². The van der Waals surface area contributed by atoms with Crippen molar-refractivity contribution in [2.45, 2.75) is 58.4 Å². The van der Waals surface area contributed by atoms with Gasteiger partial charge in [0, 0.05) is 19.6 Å². The van der Waals surface area contributed by atoms with E-state index in [-0.39, 0.29) is 6.04 Å². The van der Waals surface area contributed by atoms with Crippen LogP contribution < -0.4 is 5.32 Å². The average molecular weight is 238 g/mol. The summed E-state index contributed by atoms with van der Waals surface area (Å²) in [6.07, 6.45) is 7.61. The average Bonchev–Trinajstić information content (AvgIpc) is 2.33. The molecular weight excluding hydrogens is 212 g/mol. The van der Waals surface area contributed by atoms with Crippen LogP contribution >= 0.6 is 0 Å². The van der Waals surface area contributed by atoms with Crippen LogP contribution in [0.1, 0.15) is 52.4 Å². The molecule has 1 atom stereocenters. The Morgan fingerprint density at radius 2 is 1.88 bits per heavy atom. The first-order valence-corrected chi connectivity index (χ1v) is 7.13. The van der Waals surface area contributed by atoms with Gasteiger partial charge in [-0.3, -0.25) is 4.79 Å². The van der Waals surface area contributed by atoms with Crippen molar-refractivity contribution in [3.8, 4) is 0 Å². The molecule has 1 N–H and O–H groups in total. The normalized spacial score (nSPS) is 25.2. The van der Waals surface area contributed by atoms with E-state index in [1.807, 2.05) is 11.8 Å². The van der Waals surface area contributed by atoms with E-state index < -0.39 is 0 Å². The van der Waals surface area contributed by atoms with Gasteiger partial charge in [0.05, 0.1) is 6.04 Å². The molecule has 1 unspecified atom stereocenters. The SMILES string of the molecule is CC(NCC1(C)CCC1)C(=O)N1CCCCC1. The first kappa shape index (κ1) is 12.9. The number of carbonyl (C=O) groups excluding carboxylic acids is 1. The number of nitrogens with zero attached hydrogens (tertiary/aromatic N) is 1. The van der Waals surface area contributed by atoms with Gasteiger partial charge < -0.3 is 10.2 Å². The largest absolute Gasteiger partial charge is 0.341 e. The number of hydrogen-bond acceptors (Lipinski definition) is 2. The van der Waals surface area contributed by atoms with E-state index in [1.165, 1.54) is 38.5 Å². The predicted molar refractivity (Wildman–Crippen MR) is 69.9 cm³/mol. The van der Waals surface area contributed by atoms with Crippen molar-refractivity contribution in [3.05, 3.63) is 0 Å². The molecule has 0 spiro atoms. The van der Waals surface area contributed by atoms with Gasteiger partial charge in [0.2, 0.25) is 5.91 Å². The zero-order valence-corrected chi connectivity index (χ0v) is 11.3. The monoisotopic (exact) mass is 238 g/mol. The summed E-state index contributed by atoms with van der Waals surface area (Å²) >= 11 is 0. The topological polar surface area (TPSA) is 32.3 Å². The van der Waals surface area contributed by atoms with Crippen LogP contribution in [0.3, 0.4) is 0 Å². The van der Waals surface area contributed by atoms with Crippen molar-refractivity contribution < 1.29 is 4.79 Å². The lowest BCUT2D eigenvalue weighted by atomic mass is 9.70. The van der Waals surface area contributed by atoms with E-state index >= 15 is 0 Å². The zero-order chi connectivity index (χ0) is 12.3. The second-order valence-corrected chi connectivity index (χ2v) is 6.15. The number of likely N-dealkylation sites (tertiary alicyclic amines) is 1. The van der Waals surface area contributed by atoms with Crippen LogP contribution in [0, 0.1) is 5.41 Å². The number of rotatable bonds is 4. The smallest absolute Gasteiger partial charge is 0.239 e. The molecule has 1 aliphatic carbocycles. The molecule has 0 bridgehead atoms. The van der Waals surface area contributed by atoms with E-state index in [2.05, 4.69) is 12.2 Å². The molecule has 98 valence electrons. The van der Waals surface area contributed by atoms with E-state index in [0.717, 1.165) is 19.6 Å². The molecule has 1 amide bonds. The number of hydrogen-bond donors (Lipinski definition) is 1. The van der Waals surface area contributed by atoms with Crippen LogP contribution in [0.2, 0.25) is 0 Å². The maximum absolute atomic E-state index is 12.2. The summed E-state index contributed by atoms with van der Waals surface area (Å²) in [4.78, 5) is 14.2. The van der Waals surface area contributed by atoms with Crippen molar-refractivity contribution >= 4 is 5.91 Å². The minimum absolute atomic E-state index is 0.00877. The molecule has 3 heteroatoms. The van der Waals surface area contributed by atoms with Crippen molar-refractivity contribution in [3.63, 3.8) is 0 Å². The number of nitrogens with one attached hydrogen (secondary N) is 1. The lowest BCUT2D eigenvalue weighted by molar-refractivity contribution is -0.134. The molecule has 1 saturated heterocycles. The van der Waals surface area contributed by atoms with Gasteiger partial charge in [0.25, 0.3) is 0 Å². The van der Waals surface area contributed by atoms with Crippen LogP contribution in [0.15, 0.2) is 0 Å². The Morgan fingerprint density at radius 1 is 1.24 bits per heavy atom. The van der Waals surface area contributed by atoms with E-state index in [9.17, 15) is 4.79 Å². The summed E-state index contributed by atoms with van der Waals surface area (Å²) in [7, 11) is 0. The number of amides is 1. The van der Waals surface area contributed by atoms with Crippen LogP contribution in [0.5, 0.6) is 0 Å². The van der Waals surface area contributed by atoms with Gasteiger partial charge in [-0.15, -0.1) is 0 Å². The fraction of sp³-hybridized carbons (Fsp3) is 0.929. The van der Waals surface area contributed by atoms with Gasteiger partial charge in [-0.25, -0.2) is 0 Å². The third-order valence-electron chi connectivity index (χ3n) is 4.43. The number of carbonyl (C=O) groups is 1. The molecule has 1 heterocycles. The maximum Gasteiger partial charge on any atom is 0.239 e. The van der Waals surface area contributed by atoms with Crippen LogP contribution in [-0.4, -0.2) is 36.5 Å².